The van der Waals surface area contributed by atoms with Gasteiger partial charge in [-0.25, -0.2) is 0 Å². The van der Waals surface area contributed by atoms with Crippen LogP contribution in [-0.4, -0.2) is 13.7 Å². The third-order valence-corrected chi connectivity index (χ3v) is 16.0. The highest BCUT2D eigenvalue weighted by atomic mass is 15.0. The summed E-state index contributed by atoms with van der Waals surface area (Å²) in [5, 5.41) is 48.3. The van der Waals surface area contributed by atoms with E-state index >= 15 is 0 Å². The molecule has 7 nitrogen and oxygen atoms in total. The molecule has 0 radical (unpaired) electrons. The van der Waals surface area contributed by atoms with Gasteiger partial charge in [-0.15, -0.1) is 0 Å². The van der Waals surface area contributed by atoms with E-state index in [0.29, 0.717) is 33.4 Å². The third-order valence-electron chi connectivity index (χ3n) is 16.0. The normalized spacial score (nSPS) is 12.5. The molecule has 13 aromatic rings. The Kier molecular flexibility index (Phi) is 9.27. The van der Waals surface area contributed by atoms with Crippen LogP contribution < -0.4 is 0 Å². The lowest BCUT2D eigenvalue weighted by Gasteiger charge is -2.21. The number of hydrogen-bond donors (Lipinski definition) is 0. The molecule has 0 amide bonds. The van der Waals surface area contributed by atoms with E-state index in [0.717, 1.165) is 88.3 Å². The first kappa shape index (κ1) is 43.4. The maximum absolute atomic E-state index is 10.8. The van der Waals surface area contributed by atoms with Crippen LogP contribution in [0.4, 0.5) is 0 Å². The van der Waals surface area contributed by atoms with Crippen molar-refractivity contribution in [3.8, 4) is 80.2 Å². The Hall–Kier alpha value is -10.4. The van der Waals surface area contributed by atoms with Crippen molar-refractivity contribution in [2.45, 2.75) is 19.3 Å². The fourth-order valence-corrected chi connectivity index (χ4v) is 12.6. The SMILES string of the molecule is Cn1c2cc(-c3cc(C#N)c(-c4ccc(-n5c6ccccc6c6c7c(ccc65)C(C)(C)c5ccccc5-7)cc4)c(C#N)c3)ccc2c2c3c4ccccc4n(-c4ccc(-c5c(C#N)cccc5C#N)cc4)c3ccc21. The van der Waals surface area contributed by atoms with Gasteiger partial charge in [-0.3, -0.25) is 0 Å². The minimum absolute atomic E-state index is 0.115. The fraction of sp³-hybridized carbons (Fsp3) is 0.0588. The van der Waals surface area contributed by atoms with Gasteiger partial charge in [-0.2, -0.15) is 21.0 Å². The summed E-state index contributed by atoms with van der Waals surface area (Å²) in [7, 11) is 2.09. The predicted octanol–water partition coefficient (Wildman–Crippen LogP) is 16.3. The first-order valence-corrected chi connectivity index (χ1v) is 25.0. The number of nitriles is 4. The van der Waals surface area contributed by atoms with Crippen molar-refractivity contribution in [3.63, 3.8) is 0 Å². The molecule has 3 aromatic heterocycles. The van der Waals surface area contributed by atoms with Crippen molar-refractivity contribution in [1.29, 1.82) is 21.0 Å². The molecule has 14 rings (SSSR count). The Morgan fingerprint density at radius 2 is 0.827 bits per heavy atom. The molecule has 348 valence electrons. The molecular weight excluding hydrogens is 915 g/mol. The number of aryl methyl sites for hydroxylation is 1. The van der Waals surface area contributed by atoms with Gasteiger partial charge in [0.1, 0.15) is 0 Å². The third kappa shape index (κ3) is 6.05. The molecular formula is C68H41N7. The molecule has 0 aliphatic heterocycles. The molecule has 0 unspecified atom stereocenters. The summed E-state index contributed by atoms with van der Waals surface area (Å²) in [6, 6.07) is 76.1. The Balaban J connectivity index is 0.852. The fourth-order valence-electron chi connectivity index (χ4n) is 12.6. The van der Waals surface area contributed by atoms with Gasteiger partial charge in [0.25, 0.3) is 0 Å². The Morgan fingerprint density at radius 1 is 0.347 bits per heavy atom. The first-order chi connectivity index (χ1) is 36.7. The van der Waals surface area contributed by atoms with Gasteiger partial charge in [0, 0.05) is 78.3 Å². The van der Waals surface area contributed by atoms with Crippen molar-refractivity contribution in [2.75, 3.05) is 0 Å². The molecule has 0 bridgehead atoms. The smallest absolute Gasteiger partial charge is 0.0998 e. The first-order valence-electron chi connectivity index (χ1n) is 25.0. The summed E-state index contributed by atoms with van der Waals surface area (Å²) in [6.07, 6.45) is 0. The van der Waals surface area contributed by atoms with Crippen LogP contribution in [0.3, 0.4) is 0 Å². The van der Waals surface area contributed by atoms with E-state index in [4.69, 9.17) is 0 Å². The lowest BCUT2D eigenvalue weighted by atomic mass is 9.82. The monoisotopic (exact) mass is 955 g/mol. The van der Waals surface area contributed by atoms with Gasteiger partial charge in [0.15, 0.2) is 0 Å². The van der Waals surface area contributed by atoms with Crippen LogP contribution in [0.15, 0.2) is 194 Å². The molecule has 0 spiro atoms. The van der Waals surface area contributed by atoms with Crippen molar-refractivity contribution in [2.24, 2.45) is 7.05 Å². The average Bonchev–Trinajstić information content (AvgIpc) is 4.25. The molecule has 0 saturated heterocycles. The molecule has 0 fully saturated rings. The minimum Gasteiger partial charge on any atom is -0.344 e. The van der Waals surface area contributed by atoms with E-state index in [1.807, 2.05) is 36.4 Å². The molecule has 3 heterocycles. The maximum atomic E-state index is 10.8. The van der Waals surface area contributed by atoms with Crippen molar-refractivity contribution < 1.29 is 0 Å². The van der Waals surface area contributed by atoms with Gasteiger partial charge in [-0.05, 0) is 129 Å². The molecule has 1 aliphatic carbocycles. The molecule has 7 heteroatoms. The van der Waals surface area contributed by atoms with Crippen molar-refractivity contribution >= 4 is 65.4 Å². The average molecular weight is 956 g/mol. The van der Waals surface area contributed by atoms with Crippen LogP contribution in [-0.2, 0) is 12.5 Å². The largest absolute Gasteiger partial charge is 0.344 e. The lowest BCUT2D eigenvalue weighted by Crippen LogP contribution is -2.14. The summed E-state index contributed by atoms with van der Waals surface area (Å²) in [6.45, 7) is 4.63. The van der Waals surface area contributed by atoms with Crippen LogP contribution in [0.25, 0.3) is 121 Å². The molecule has 0 saturated carbocycles. The Morgan fingerprint density at radius 3 is 1.44 bits per heavy atom. The standard InChI is InChI=1S/C68H41N7/c1-68(2)54-16-7-4-13-50(54)64-55(68)29-30-59-66(64)51-14-5-8-17-56(51)74(59)48-26-21-41(22-27-48)63-46(38-71)33-45(34-47(63)39-72)42-23-28-53-61(35-42)73(3)58-31-32-60-67(65(53)58)52-15-6-9-18-57(52)75(60)49-24-19-40(20-25-49)62-43(36-69)11-10-12-44(62)37-70/h4-35H,1-3H3. The van der Waals surface area contributed by atoms with Crippen LogP contribution in [0.2, 0.25) is 0 Å². The van der Waals surface area contributed by atoms with Gasteiger partial charge < -0.3 is 13.7 Å². The number of fused-ring (bicyclic) bond motifs is 14. The van der Waals surface area contributed by atoms with E-state index < -0.39 is 0 Å². The Labute approximate surface area is 432 Å². The number of aromatic nitrogens is 3. The number of benzene rings is 10. The second-order valence-electron chi connectivity index (χ2n) is 20.1. The van der Waals surface area contributed by atoms with Gasteiger partial charge in [0.05, 0.1) is 68.6 Å². The summed E-state index contributed by atoms with van der Waals surface area (Å²) >= 11 is 0. The molecule has 0 atom stereocenters. The number of nitrogens with zero attached hydrogens (tertiary/aromatic N) is 7. The second kappa shape index (κ2) is 16.0. The highest BCUT2D eigenvalue weighted by Crippen LogP contribution is 2.53. The van der Waals surface area contributed by atoms with Crippen LogP contribution in [0.1, 0.15) is 47.2 Å². The minimum atomic E-state index is -0.115. The van der Waals surface area contributed by atoms with E-state index in [1.165, 1.54) is 33.0 Å². The highest BCUT2D eigenvalue weighted by Gasteiger charge is 2.37. The van der Waals surface area contributed by atoms with E-state index in [-0.39, 0.29) is 5.41 Å². The molecule has 1 aliphatic rings. The maximum Gasteiger partial charge on any atom is 0.0998 e. The second-order valence-corrected chi connectivity index (χ2v) is 20.1. The Bertz CT molecular complexity index is 4770. The number of para-hydroxylation sites is 2. The zero-order valence-electron chi connectivity index (χ0n) is 41.1. The van der Waals surface area contributed by atoms with Crippen LogP contribution in [0.5, 0.6) is 0 Å². The van der Waals surface area contributed by atoms with Crippen molar-refractivity contribution in [3.05, 3.63) is 228 Å². The van der Waals surface area contributed by atoms with E-state index in [9.17, 15) is 21.0 Å². The van der Waals surface area contributed by atoms with Crippen LogP contribution >= 0.6 is 0 Å². The summed E-state index contributed by atoms with van der Waals surface area (Å²) in [5.74, 6) is 0. The quantitative estimate of drug-likeness (QED) is 0.171. The zero-order valence-corrected chi connectivity index (χ0v) is 41.1. The highest BCUT2D eigenvalue weighted by molar-refractivity contribution is 6.29. The summed E-state index contributed by atoms with van der Waals surface area (Å²) in [4.78, 5) is 0. The van der Waals surface area contributed by atoms with E-state index in [1.54, 1.807) is 18.2 Å². The van der Waals surface area contributed by atoms with Crippen LogP contribution in [0, 0.1) is 45.3 Å². The van der Waals surface area contributed by atoms with Gasteiger partial charge in [-0.1, -0.05) is 123 Å². The van der Waals surface area contributed by atoms with E-state index in [2.05, 4.69) is 198 Å². The van der Waals surface area contributed by atoms with Gasteiger partial charge in [0.2, 0.25) is 0 Å². The zero-order chi connectivity index (χ0) is 50.9. The summed E-state index contributed by atoms with van der Waals surface area (Å²) < 4.78 is 6.84. The lowest BCUT2D eigenvalue weighted by molar-refractivity contribution is 0.661. The number of hydrogen-bond acceptors (Lipinski definition) is 4. The molecule has 10 aromatic carbocycles. The molecule has 0 N–H and O–H groups in total. The van der Waals surface area contributed by atoms with Gasteiger partial charge >= 0.3 is 0 Å². The molecule has 75 heavy (non-hydrogen) atoms. The summed E-state index contributed by atoms with van der Waals surface area (Å²) in [5.41, 5.74) is 20.0. The number of rotatable bonds is 5. The van der Waals surface area contributed by atoms with Crippen molar-refractivity contribution in [1.82, 2.24) is 13.7 Å². The topological polar surface area (TPSA) is 110 Å². The predicted molar refractivity (Wildman–Crippen MR) is 302 cm³/mol.